The summed E-state index contributed by atoms with van der Waals surface area (Å²) in [5, 5.41) is 10.4. The van der Waals surface area contributed by atoms with Crippen LogP contribution in [0, 0.1) is 5.41 Å². The van der Waals surface area contributed by atoms with Crippen LogP contribution in [0.4, 0.5) is 18.9 Å². The third-order valence-corrected chi connectivity index (χ3v) is 3.92. The van der Waals surface area contributed by atoms with Gasteiger partial charge in [0.05, 0.1) is 10.7 Å². The summed E-state index contributed by atoms with van der Waals surface area (Å²) >= 11 is 6.07. The van der Waals surface area contributed by atoms with E-state index < -0.39 is 11.9 Å². The minimum atomic E-state index is -4.78. The maximum atomic E-state index is 12.8. The molecular formula is C19H17ClF3N3O. The van der Waals surface area contributed by atoms with Crippen molar-refractivity contribution in [2.75, 3.05) is 19.4 Å². The summed E-state index contributed by atoms with van der Waals surface area (Å²) in [7, 11) is 3.20. The zero-order valence-corrected chi connectivity index (χ0v) is 15.3. The predicted molar refractivity (Wildman–Crippen MR) is 101 cm³/mol. The zero-order chi connectivity index (χ0) is 20.2. The Morgan fingerprint density at radius 1 is 1.07 bits per heavy atom. The SMILES string of the molecule is CN(C)C(=O)c1ccc(/C(=C/C(=N)C(F)(F)F)Nc2ccccc2Cl)cc1. The van der Waals surface area contributed by atoms with Gasteiger partial charge in [-0.2, -0.15) is 13.2 Å². The minimum absolute atomic E-state index is 0.0364. The first kappa shape index (κ1) is 20.5. The summed E-state index contributed by atoms with van der Waals surface area (Å²) < 4.78 is 38.5. The number of amides is 1. The molecule has 0 fully saturated rings. The van der Waals surface area contributed by atoms with E-state index in [1.54, 1.807) is 38.4 Å². The third-order valence-electron chi connectivity index (χ3n) is 3.59. The molecule has 0 unspecified atom stereocenters. The number of nitrogens with zero attached hydrogens (tertiary/aromatic N) is 1. The van der Waals surface area contributed by atoms with Gasteiger partial charge in [0, 0.05) is 25.4 Å². The summed E-state index contributed by atoms with van der Waals surface area (Å²) in [6, 6.07) is 12.6. The number of benzene rings is 2. The minimum Gasteiger partial charge on any atom is -0.354 e. The number of rotatable bonds is 5. The maximum Gasteiger partial charge on any atom is 0.432 e. The van der Waals surface area contributed by atoms with Crippen molar-refractivity contribution in [3.63, 3.8) is 0 Å². The van der Waals surface area contributed by atoms with Gasteiger partial charge in [-0.25, -0.2) is 0 Å². The highest BCUT2D eigenvalue weighted by Gasteiger charge is 2.33. The van der Waals surface area contributed by atoms with Gasteiger partial charge in [0.1, 0.15) is 5.71 Å². The molecule has 0 spiro atoms. The molecule has 0 atom stereocenters. The van der Waals surface area contributed by atoms with E-state index in [-0.39, 0.29) is 11.6 Å². The van der Waals surface area contributed by atoms with Gasteiger partial charge in [-0.1, -0.05) is 35.9 Å². The molecule has 0 saturated heterocycles. The molecule has 0 saturated carbocycles. The second-order valence-corrected chi connectivity index (χ2v) is 6.26. The topological polar surface area (TPSA) is 56.2 Å². The Hall–Kier alpha value is -2.80. The lowest BCUT2D eigenvalue weighted by molar-refractivity contribution is -0.0583. The number of carbonyl (C=O) groups is 1. The molecule has 27 heavy (non-hydrogen) atoms. The molecule has 0 heterocycles. The van der Waals surface area contributed by atoms with E-state index in [0.717, 1.165) is 0 Å². The van der Waals surface area contributed by atoms with Crippen LogP contribution in [0.1, 0.15) is 15.9 Å². The Morgan fingerprint density at radius 3 is 2.15 bits per heavy atom. The van der Waals surface area contributed by atoms with E-state index in [9.17, 15) is 18.0 Å². The van der Waals surface area contributed by atoms with Crippen LogP contribution in [-0.2, 0) is 0 Å². The number of anilines is 1. The Kier molecular flexibility index (Phi) is 6.28. The van der Waals surface area contributed by atoms with Gasteiger partial charge in [-0.05, 0) is 35.9 Å². The van der Waals surface area contributed by atoms with Crippen molar-refractivity contribution in [3.8, 4) is 0 Å². The molecule has 142 valence electrons. The zero-order valence-electron chi connectivity index (χ0n) is 14.6. The monoisotopic (exact) mass is 395 g/mol. The molecule has 0 bridgehead atoms. The standard InChI is InChI=1S/C19H17ClF3N3O/c1-26(2)18(27)13-9-7-12(8-10-13)16(11-17(24)19(21,22)23)25-15-6-4-3-5-14(15)20/h3-11,24-25H,1-2H3/b16-11-,24-17?. The number of alkyl halides is 3. The number of halogens is 4. The quantitative estimate of drug-likeness (QED) is 0.694. The first-order valence-electron chi connectivity index (χ1n) is 7.80. The van der Waals surface area contributed by atoms with Crippen LogP contribution in [0.2, 0.25) is 5.02 Å². The first-order chi connectivity index (χ1) is 12.6. The van der Waals surface area contributed by atoms with Crippen molar-refractivity contribution in [1.29, 1.82) is 5.41 Å². The average Bonchev–Trinajstić information content (AvgIpc) is 2.61. The van der Waals surface area contributed by atoms with Crippen molar-refractivity contribution in [3.05, 3.63) is 70.8 Å². The van der Waals surface area contributed by atoms with Gasteiger partial charge in [0.15, 0.2) is 0 Å². The first-order valence-corrected chi connectivity index (χ1v) is 8.18. The van der Waals surface area contributed by atoms with E-state index in [1.165, 1.54) is 29.2 Å². The van der Waals surface area contributed by atoms with Crippen LogP contribution in [0.15, 0.2) is 54.6 Å². The Balaban J connectivity index is 2.43. The molecule has 8 heteroatoms. The summed E-state index contributed by atoms with van der Waals surface area (Å²) in [6.07, 6.45) is -4.10. The fourth-order valence-corrected chi connectivity index (χ4v) is 2.36. The van der Waals surface area contributed by atoms with E-state index in [2.05, 4.69) is 5.32 Å². The van der Waals surface area contributed by atoms with Crippen LogP contribution in [-0.4, -0.2) is 36.8 Å². The average molecular weight is 396 g/mol. The third kappa shape index (κ3) is 5.34. The number of allylic oxidation sites excluding steroid dienone is 1. The fraction of sp³-hybridized carbons (Fsp3) is 0.158. The van der Waals surface area contributed by atoms with Crippen LogP contribution in [0.5, 0.6) is 0 Å². The van der Waals surface area contributed by atoms with Gasteiger partial charge >= 0.3 is 6.18 Å². The van der Waals surface area contributed by atoms with Gasteiger partial charge in [-0.15, -0.1) is 0 Å². The lowest BCUT2D eigenvalue weighted by Gasteiger charge is -2.15. The molecule has 2 rings (SSSR count). The van der Waals surface area contributed by atoms with Crippen LogP contribution < -0.4 is 5.32 Å². The molecule has 2 aromatic rings. The summed E-state index contributed by atoms with van der Waals surface area (Å²) in [6.45, 7) is 0. The number of hydrogen-bond acceptors (Lipinski definition) is 3. The Morgan fingerprint density at radius 2 is 1.63 bits per heavy atom. The highest BCUT2D eigenvalue weighted by atomic mass is 35.5. The van der Waals surface area contributed by atoms with E-state index in [4.69, 9.17) is 17.0 Å². The van der Waals surface area contributed by atoms with Crippen LogP contribution in [0.3, 0.4) is 0 Å². The molecule has 0 radical (unpaired) electrons. The number of nitrogens with one attached hydrogen (secondary N) is 2. The van der Waals surface area contributed by atoms with E-state index in [0.29, 0.717) is 27.9 Å². The number of para-hydroxylation sites is 1. The van der Waals surface area contributed by atoms with Crippen molar-refractivity contribution < 1.29 is 18.0 Å². The second kappa shape index (κ2) is 8.26. The van der Waals surface area contributed by atoms with Gasteiger partial charge in [0.2, 0.25) is 0 Å². The smallest absolute Gasteiger partial charge is 0.354 e. The molecule has 0 aromatic heterocycles. The molecule has 2 N–H and O–H groups in total. The largest absolute Gasteiger partial charge is 0.432 e. The predicted octanol–water partition coefficient (Wildman–Crippen LogP) is 5.08. The maximum absolute atomic E-state index is 12.8. The second-order valence-electron chi connectivity index (χ2n) is 5.85. The molecule has 1 amide bonds. The summed E-state index contributed by atoms with van der Waals surface area (Å²) in [4.78, 5) is 13.4. The molecule has 0 aliphatic heterocycles. The number of carbonyl (C=O) groups excluding carboxylic acids is 1. The van der Waals surface area contributed by atoms with Crippen molar-refractivity contribution in [1.82, 2.24) is 4.90 Å². The molecule has 2 aromatic carbocycles. The lowest BCUT2D eigenvalue weighted by Crippen LogP contribution is -2.21. The van der Waals surface area contributed by atoms with Gasteiger partial charge < -0.3 is 10.2 Å². The fourth-order valence-electron chi connectivity index (χ4n) is 2.18. The summed E-state index contributed by atoms with van der Waals surface area (Å²) in [5.41, 5.74) is -0.306. The van der Waals surface area contributed by atoms with E-state index >= 15 is 0 Å². The lowest BCUT2D eigenvalue weighted by atomic mass is 10.1. The molecule has 0 aliphatic rings. The van der Waals surface area contributed by atoms with E-state index in [1.807, 2.05) is 0 Å². The number of hydrogen-bond donors (Lipinski definition) is 2. The highest BCUT2D eigenvalue weighted by molar-refractivity contribution is 6.33. The van der Waals surface area contributed by atoms with Crippen LogP contribution in [0.25, 0.3) is 5.70 Å². The molecule has 0 aliphatic carbocycles. The van der Waals surface area contributed by atoms with Crippen molar-refractivity contribution in [2.24, 2.45) is 0 Å². The van der Waals surface area contributed by atoms with Gasteiger partial charge in [-0.3, -0.25) is 10.2 Å². The van der Waals surface area contributed by atoms with Crippen molar-refractivity contribution >= 4 is 34.6 Å². The molecular weight excluding hydrogens is 379 g/mol. The summed E-state index contributed by atoms with van der Waals surface area (Å²) in [5.74, 6) is -0.228. The van der Waals surface area contributed by atoms with Crippen LogP contribution >= 0.6 is 11.6 Å². The Labute approximate surface area is 159 Å². The highest BCUT2D eigenvalue weighted by Crippen LogP contribution is 2.27. The molecule has 4 nitrogen and oxygen atoms in total. The van der Waals surface area contributed by atoms with Crippen molar-refractivity contribution in [2.45, 2.75) is 6.18 Å². The normalized spacial score (nSPS) is 11.9. The Bertz CT molecular complexity index is 875. The van der Waals surface area contributed by atoms with Gasteiger partial charge in [0.25, 0.3) is 5.91 Å².